The lowest BCUT2D eigenvalue weighted by atomic mass is 10.0. The van der Waals surface area contributed by atoms with Crippen LogP contribution < -0.4 is 0 Å². The number of nitrogens with zero attached hydrogens (tertiary/aromatic N) is 1. The first-order chi connectivity index (χ1) is 8.09. The number of hydrogen-bond donors (Lipinski definition) is 0. The van der Waals surface area contributed by atoms with E-state index in [1.165, 1.54) is 24.3 Å². The van der Waals surface area contributed by atoms with Crippen molar-refractivity contribution in [1.29, 1.82) is 0 Å². The highest BCUT2D eigenvalue weighted by atomic mass is 32.1. The summed E-state index contributed by atoms with van der Waals surface area (Å²) in [5.74, 6) is -0.176. The minimum Gasteiger partial charge on any atom is -0.295 e. The molecule has 2 aromatic rings. The van der Waals surface area contributed by atoms with Crippen LogP contribution in [0.25, 0.3) is 11.1 Å². The third-order valence-electron chi connectivity index (χ3n) is 2.43. The summed E-state index contributed by atoms with van der Waals surface area (Å²) in [4.78, 5) is 21.7. The Morgan fingerprint density at radius 3 is 2.65 bits per heavy atom. The third-order valence-corrected chi connectivity index (χ3v) is 3.12. The number of hydrogen-bond acceptors (Lipinski definition) is 4. The zero-order chi connectivity index (χ0) is 12.4. The van der Waals surface area contributed by atoms with E-state index in [2.05, 4.69) is 0 Å². The quantitative estimate of drug-likeness (QED) is 0.473. The van der Waals surface area contributed by atoms with Crippen molar-refractivity contribution in [2.75, 3.05) is 0 Å². The number of carbonyl (C=O) groups excluding carboxylic acids is 1. The Balaban J connectivity index is 2.61. The number of thiophene rings is 1. The van der Waals surface area contributed by atoms with Crippen molar-refractivity contribution in [3.8, 4) is 11.1 Å². The summed E-state index contributed by atoms with van der Waals surface area (Å²) in [7, 11) is 0. The van der Waals surface area contributed by atoms with Gasteiger partial charge in [0.2, 0.25) is 0 Å². The van der Waals surface area contributed by atoms with E-state index in [-0.39, 0.29) is 11.5 Å². The number of Topliss-reactive ketones (excluding diaryl/α,β-unsaturated/α-hetero) is 1. The first kappa shape index (κ1) is 11.5. The maximum atomic E-state index is 11.2. The molecule has 0 fully saturated rings. The maximum absolute atomic E-state index is 11.2. The lowest BCUT2D eigenvalue weighted by molar-refractivity contribution is -0.384. The highest BCUT2D eigenvalue weighted by molar-refractivity contribution is 7.08. The number of benzene rings is 1. The summed E-state index contributed by atoms with van der Waals surface area (Å²) in [6, 6.07) is 6.38. The van der Waals surface area contributed by atoms with Gasteiger partial charge in [0, 0.05) is 11.6 Å². The van der Waals surface area contributed by atoms with Gasteiger partial charge in [-0.1, -0.05) is 6.07 Å². The van der Waals surface area contributed by atoms with E-state index >= 15 is 0 Å². The summed E-state index contributed by atoms with van der Waals surface area (Å²) in [5.41, 5.74) is 1.67. The van der Waals surface area contributed by atoms with Crippen molar-refractivity contribution >= 4 is 22.8 Å². The van der Waals surface area contributed by atoms with Gasteiger partial charge in [-0.3, -0.25) is 14.9 Å². The van der Waals surface area contributed by atoms with Gasteiger partial charge in [-0.2, -0.15) is 11.3 Å². The van der Waals surface area contributed by atoms with E-state index in [9.17, 15) is 14.9 Å². The molecule has 0 aliphatic heterocycles. The van der Waals surface area contributed by atoms with Crippen LogP contribution in [0, 0.1) is 10.1 Å². The lowest BCUT2D eigenvalue weighted by Crippen LogP contribution is -1.97. The molecule has 2 rings (SSSR count). The van der Waals surface area contributed by atoms with Gasteiger partial charge in [0.15, 0.2) is 5.78 Å². The summed E-state index contributed by atoms with van der Waals surface area (Å²) in [5, 5.41) is 14.7. The van der Waals surface area contributed by atoms with Crippen LogP contribution in [0.15, 0.2) is 35.0 Å². The predicted molar refractivity (Wildman–Crippen MR) is 66.4 cm³/mol. The Labute approximate surface area is 102 Å². The zero-order valence-electron chi connectivity index (χ0n) is 9.04. The van der Waals surface area contributed by atoms with Gasteiger partial charge in [-0.05, 0) is 35.4 Å². The molecule has 0 aliphatic carbocycles. The molecule has 0 N–H and O–H groups in total. The van der Waals surface area contributed by atoms with Gasteiger partial charge < -0.3 is 0 Å². The van der Waals surface area contributed by atoms with Crippen molar-refractivity contribution in [2.45, 2.75) is 6.92 Å². The molecule has 0 spiro atoms. The van der Waals surface area contributed by atoms with Crippen LogP contribution in [0.2, 0.25) is 0 Å². The van der Waals surface area contributed by atoms with Crippen molar-refractivity contribution < 1.29 is 9.72 Å². The number of ketones is 1. The van der Waals surface area contributed by atoms with Crippen LogP contribution in [-0.4, -0.2) is 10.7 Å². The molecule has 0 amide bonds. The number of nitro benzene ring substituents is 1. The Bertz CT molecular complexity index is 575. The van der Waals surface area contributed by atoms with Crippen LogP contribution in [0.5, 0.6) is 0 Å². The fourth-order valence-corrected chi connectivity index (χ4v) is 2.22. The SMILES string of the molecule is CC(=O)c1ccc(-c2ccsc2)c([N+](=O)[O-])c1. The summed E-state index contributed by atoms with van der Waals surface area (Å²) >= 11 is 1.48. The average molecular weight is 247 g/mol. The zero-order valence-corrected chi connectivity index (χ0v) is 9.86. The molecular weight excluding hydrogens is 238 g/mol. The first-order valence-electron chi connectivity index (χ1n) is 4.91. The second kappa shape index (κ2) is 4.47. The van der Waals surface area contributed by atoms with Crippen LogP contribution in [-0.2, 0) is 0 Å². The second-order valence-corrected chi connectivity index (χ2v) is 4.34. The molecule has 1 aromatic heterocycles. The van der Waals surface area contributed by atoms with Crippen molar-refractivity contribution in [3.05, 3.63) is 50.7 Å². The molecule has 1 aromatic carbocycles. The van der Waals surface area contributed by atoms with E-state index in [1.54, 1.807) is 12.1 Å². The second-order valence-electron chi connectivity index (χ2n) is 3.56. The minimum atomic E-state index is -0.459. The Morgan fingerprint density at radius 2 is 2.12 bits per heavy atom. The maximum Gasteiger partial charge on any atom is 0.277 e. The van der Waals surface area contributed by atoms with Gasteiger partial charge in [-0.25, -0.2) is 0 Å². The van der Waals surface area contributed by atoms with E-state index in [0.717, 1.165) is 5.56 Å². The van der Waals surface area contributed by atoms with Crippen molar-refractivity contribution in [3.63, 3.8) is 0 Å². The number of nitro groups is 1. The molecule has 0 saturated heterocycles. The molecule has 0 saturated carbocycles. The van der Waals surface area contributed by atoms with Crippen LogP contribution in [0.3, 0.4) is 0 Å². The largest absolute Gasteiger partial charge is 0.295 e. The molecule has 0 unspecified atom stereocenters. The monoisotopic (exact) mass is 247 g/mol. The Kier molecular flexibility index (Phi) is 3.01. The molecule has 0 atom stereocenters. The molecule has 1 heterocycles. The molecule has 4 nitrogen and oxygen atoms in total. The fraction of sp³-hybridized carbons (Fsp3) is 0.0833. The van der Waals surface area contributed by atoms with Crippen LogP contribution >= 0.6 is 11.3 Å². The van der Waals surface area contributed by atoms with Gasteiger partial charge in [-0.15, -0.1) is 0 Å². The van der Waals surface area contributed by atoms with Gasteiger partial charge in [0.25, 0.3) is 5.69 Å². The first-order valence-corrected chi connectivity index (χ1v) is 5.86. The Hall–Kier alpha value is -2.01. The van der Waals surface area contributed by atoms with Crippen molar-refractivity contribution in [1.82, 2.24) is 0 Å². The summed E-state index contributed by atoms with van der Waals surface area (Å²) in [6.45, 7) is 1.39. The summed E-state index contributed by atoms with van der Waals surface area (Å²) < 4.78 is 0. The van der Waals surface area contributed by atoms with Crippen LogP contribution in [0.4, 0.5) is 5.69 Å². The molecule has 0 radical (unpaired) electrons. The highest BCUT2D eigenvalue weighted by Gasteiger charge is 2.17. The normalized spacial score (nSPS) is 10.2. The van der Waals surface area contributed by atoms with E-state index in [4.69, 9.17) is 0 Å². The molecule has 0 aliphatic rings. The van der Waals surface area contributed by atoms with E-state index in [1.807, 2.05) is 16.8 Å². The minimum absolute atomic E-state index is 0.0314. The van der Waals surface area contributed by atoms with Gasteiger partial charge in [0.1, 0.15) is 0 Å². The molecule has 5 heteroatoms. The molecular formula is C12H9NO3S. The molecule has 0 bridgehead atoms. The molecule has 86 valence electrons. The van der Waals surface area contributed by atoms with Crippen LogP contribution in [0.1, 0.15) is 17.3 Å². The fourth-order valence-electron chi connectivity index (χ4n) is 1.56. The standard InChI is InChI=1S/C12H9NO3S/c1-8(14)9-2-3-11(10-4-5-17-7-10)12(6-9)13(15)16/h2-7H,1H3. The summed E-state index contributed by atoms with van der Waals surface area (Å²) in [6.07, 6.45) is 0. The van der Waals surface area contributed by atoms with Crippen molar-refractivity contribution in [2.24, 2.45) is 0 Å². The van der Waals surface area contributed by atoms with E-state index in [0.29, 0.717) is 11.1 Å². The Morgan fingerprint density at radius 1 is 1.35 bits per heavy atom. The number of carbonyl (C=O) groups is 1. The van der Waals surface area contributed by atoms with Gasteiger partial charge in [0.05, 0.1) is 10.5 Å². The third kappa shape index (κ3) is 2.24. The smallest absolute Gasteiger partial charge is 0.277 e. The highest BCUT2D eigenvalue weighted by Crippen LogP contribution is 2.32. The predicted octanol–water partition coefficient (Wildman–Crippen LogP) is 3.53. The molecule has 17 heavy (non-hydrogen) atoms. The van der Waals surface area contributed by atoms with E-state index < -0.39 is 4.92 Å². The van der Waals surface area contributed by atoms with Gasteiger partial charge >= 0.3 is 0 Å². The number of rotatable bonds is 3. The lowest BCUT2D eigenvalue weighted by Gasteiger charge is -2.02. The average Bonchev–Trinajstić information content (AvgIpc) is 2.81. The topological polar surface area (TPSA) is 60.2 Å².